The summed E-state index contributed by atoms with van der Waals surface area (Å²) in [7, 11) is 0. The molecule has 0 aliphatic heterocycles. The maximum absolute atomic E-state index is 12.4. The number of benzene rings is 2. The summed E-state index contributed by atoms with van der Waals surface area (Å²) in [5.74, 6) is 0.362. The number of rotatable bonds is 7. The Morgan fingerprint density at radius 3 is 2.58 bits per heavy atom. The van der Waals surface area contributed by atoms with Crippen LogP contribution in [0.2, 0.25) is 0 Å². The molecule has 0 aliphatic rings. The summed E-state index contributed by atoms with van der Waals surface area (Å²) < 4.78 is 0. The normalized spacial score (nSPS) is 10.2. The summed E-state index contributed by atoms with van der Waals surface area (Å²) >= 11 is 0. The van der Waals surface area contributed by atoms with Gasteiger partial charge in [-0.05, 0) is 41.8 Å². The lowest BCUT2D eigenvalue weighted by atomic mass is 10.1. The minimum absolute atomic E-state index is 0.128. The van der Waals surface area contributed by atoms with E-state index in [9.17, 15) is 4.79 Å². The van der Waals surface area contributed by atoms with Crippen molar-refractivity contribution in [3.8, 4) is 0 Å². The minimum atomic E-state index is -0.128. The average Bonchev–Trinajstić information content (AvgIpc) is 2.68. The van der Waals surface area contributed by atoms with E-state index in [2.05, 4.69) is 33.2 Å². The Bertz CT molecular complexity index is 893. The van der Waals surface area contributed by atoms with Gasteiger partial charge in [0.05, 0.1) is 0 Å². The zero-order valence-electron chi connectivity index (χ0n) is 14.4. The SMILES string of the molecule is C=CCc1cccc(CNC(=O)c2cccc(Nc3ncccn3)c2)c1. The van der Waals surface area contributed by atoms with Crippen molar-refractivity contribution in [2.24, 2.45) is 0 Å². The fraction of sp³-hybridized carbons (Fsp3) is 0.0952. The summed E-state index contributed by atoms with van der Waals surface area (Å²) in [4.78, 5) is 20.7. The molecular formula is C21H20N4O. The van der Waals surface area contributed by atoms with Crippen LogP contribution >= 0.6 is 0 Å². The Balaban J connectivity index is 1.63. The number of nitrogens with zero attached hydrogens (tertiary/aromatic N) is 2. The maximum Gasteiger partial charge on any atom is 0.251 e. The third kappa shape index (κ3) is 4.77. The predicted molar refractivity (Wildman–Crippen MR) is 103 cm³/mol. The number of carbonyl (C=O) groups is 1. The van der Waals surface area contributed by atoms with Crippen molar-refractivity contribution in [1.82, 2.24) is 15.3 Å². The van der Waals surface area contributed by atoms with Gasteiger partial charge in [0.15, 0.2) is 0 Å². The van der Waals surface area contributed by atoms with Crippen molar-refractivity contribution < 1.29 is 4.79 Å². The molecule has 0 fully saturated rings. The van der Waals surface area contributed by atoms with Crippen LogP contribution in [0.3, 0.4) is 0 Å². The topological polar surface area (TPSA) is 66.9 Å². The van der Waals surface area contributed by atoms with Gasteiger partial charge in [0, 0.05) is 30.2 Å². The molecule has 3 aromatic rings. The second-order valence-corrected chi connectivity index (χ2v) is 5.77. The number of amides is 1. The van der Waals surface area contributed by atoms with Crippen LogP contribution in [-0.2, 0) is 13.0 Å². The van der Waals surface area contributed by atoms with Gasteiger partial charge in [0.1, 0.15) is 0 Å². The number of hydrogen-bond acceptors (Lipinski definition) is 4. The molecule has 0 saturated heterocycles. The second kappa shape index (κ2) is 8.58. The zero-order valence-corrected chi connectivity index (χ0v) is 14.4. The van der Waals surface area contributed by atoms with Gasteiger partial charge in [0.25, 0.3) is 5.91 Å². The summed E-state index contributed by atoms with van der Waals surface area (Å²) in [6.07, 6.45) is 6.00. The number of carbonyl (C=O) groups excluding carboxylic acids is 1. The number of aromatic nitrogens is 2. The summed E-state index contributed by atoms with van der Waals surface area (Å²) in [6, 6.07) is 17.1. The highest BCUT2D eigenvalue weighted by atomic mass is 16.1. The highest BCUT2D eigenvalue weighted by molar-refractivity contribution is 5.95. The number of anilines is 2. The van der Waals surface area contributed by atoms with Crippen LogP contribution in [-0.4, -0.2) is 15.9 Å². The maximum atomic E-state index is 12.4. The summed E-state index contributed by atoms with van der Waals surface area (Å²) in [5.41, 5.74) is 3.58. The standard InChI is InChI=1S/C21H20N4O/c1-2-6-16-7-3-8-17(13-16)15-24-20(26)18-9-4-10-19(14-18)25-21-22-11-5-12-23-21/h2-5,7-14H,1,6,15H2,(H,24,26)(H,22,23,25). The Hall–Kier alpha value is -3.47. The molecule has 1 amide bonds. The lowest BCUT2D eigenvalue weighted by Gasteiger charge is -2.09. The van der Waals surface area contributed by atoms with Crippen molar-refractivity contribution in [1.29, 1.82) is 0 Å². The largest absolute Gasteiger partial charge is 0.348 e. The van der Waals surface area contributed by atoms with Gasteiger partial charge in [-0.2, -0.15) is 0 Å². The van der Waals surface area contributed by atoms with Gasteiger partial charge in [-0.1, -0.05) is 36.4 Å². The van der Waals surface area contributed by atoms with Gasteiger partial charge in [0.2, 0.25) is 5.95 Å². The lowest BCUT2D eigenvalue weighted by molar-refractivity contribution is 0.0951. The Morgan fingerprint density at radius 1 is 1.00 bits per heavy atom. The molecule has 0 radical (unpaired) electrons. The smallest absolute Gasteiger partial charge is 0.251 e. The molecule has 0 aliphatic carbocycles. The van der Waals surface area contributed by atoms with Gasteiger partial charge in [-0.3, -0.25) is 4.79 Å². The first-order valence-electron chi connectivity index (χ1n) is 8.35. The van der Waals surface area contributed by atoms with Gasteiger partial charge in [-0.15, -0.1) is 6.58 Å². The van der Waals surface area contributed by atoms with Crippen LogP contribution in [0, 0.1) is 0 Å². The van der Waals surface area contributed by atoms with Crippen molar-refractivity contribution in [3.63, 3.8) is 0 Å². The Kier molecular flexibility index (Phi) is 5.72. The summed E-state index contributed by atoms with van der Waals surface area (Å²) in [5, 5.41) is 6.03. The monoisotopic (exact) mass is 344 g/mol. The summed E-state index contributed by atoms with van der Waals surface area (Å²) in [6.45, 7) is 4.23. The zero-order chi connectivity index (χ0) is 18.2. The molecule has 26 heavy (non-hydrogen) atoms. The van der Waals surface area contributed by atoms with E-state index in [-0.39, 0.29) is 5.91 Å². The Morgan fingerprint density at radius 2 is 1.77 bits per heavy atom. The van der Waals surface area contributed by atoms with Gasteiger partial charge >= 0.3 is 0 Å². The molecule has 2 N–H and O–H groups in total. The van der Waals surface area contributed by atoms with E-state index >= 15 is 0 Å². The molecular weight excluding hydrogens is 324 g/mol. The molecule has 0 saturated carbocycles. The molecule has 1 heterocycles. The van der Waals surface area contributed by atoms with Crippen LogP contribution in [0.15, 0.2) is 79.6 Å². The van der Waals surface area contributed by atoms with E-state index in [1.54, 1.807) is 30.6 Å². The van der Waals surface area contributed by atoms with E-state index in [4.69, 9.17) is 0 Å². The van der Waals surface area contributed by atoms with Crippen molar-refractivity contribution >= 4 is 17.5 Å². The number of hydrogen-bond donors (Lipinski definition) is 2. The van der Waals surface area contributed by atoms with Crippen molar-refractivity contribution in [2.75, 3.05) is 5.32 Å². The number of allylic oxidation sites excluding steroid dienone is 1. The van der Waals surface area contributed by atoms with Crippen LogP contribution in [0.4, 0.5) is 11.6 Å². The predicted octanol–water partition coefficient (Wildman–Crippen LogP) is 3.88. The van der Waals surface area contributed by atoms with E-state index in [0.717, 1.165) is 17.7 Å². The molecule has 2 aromatic carbocycles. The average molecular weight is 344 g/mol. The molecule has 130 valence electrons. The molecule has 5 nitrogen and oxygen atoms in total. The first-order valence-corrected chi connectivity index (χ1v) is 8.35. The van der Waals surface area contributed by atoms with Crippen molar-refractivity contribution in [3.05, 3.63) is 96.3 Å². The van der Waals surface area contributed by atoms with Crippen LogP contribution < -0.4 is 10.6 Å². The molecule has 0 atom stereocenters. The van der Waals surface area contributed by atoms with Crippen molar-refractivity contribution in [2.45, 2.75) is 13.0 Å². The first-order chi connectivity index (χ1) is 12.7. The van der Waals surface area contributed by atoms with Crippen LogP contribution in [0.5, 0.6) is 0 Å². The fourth-order valence-electron chi connectivity index (χ4n) is 2.55. The quantitative estimate of drug-likeness (QED) is 0.638. The lowest BCUT2D eigenvalue weighted by Crippen LogP contribution is -2.22. The van der Waals surface area contributed by atoms with Crippen LogP contribution in [0.25, 0.3) is 0 Å². The van der Waals surface area contributed by atoms with E-state index in [1.807, 2.05) is 36.4 Å². The minimum Gasteiger partial charge on any atom is -0.348 e. The molecule has 3 rings (SSSR count). The third-order valence-electron chi connectivity index (χ3n) is 3.77. The number of nitrogens with one attached hydrogen (secondary N) is 2. The second-order valence-electron chi connectivity index (χ2n) is 5.77. The van der Waals surface area contributed by atoms with Gasteiger partial charge < -0.3 is 10.6 Å². The van der Waals surface area contributed by atoms with Gasteiger partial charge in [-0.25, -0.2) is 9.97 Å². The van der Waals surface area contributed by atoms with E-state index in [1.165, 1.54) is 5.56 Å². The van der Waals surface area contributed by atoms with Crippen LogP contribution in [0.1, 0.15) is 21.5 Å². The van der Waals surface area contributed by atoms with E-state index in [0.29, 0.717) is 18.1 Å². The highest BCUT2D eigenvalue weighted by Crippen LogP contribution is 2.14. The highest BCUT2D eigenvalue weighted by Gasteiger charge is 2.07. The third-order valence-corrected chi connectivity index (χ3v) is 3.77. The molecule has 5 heteroatoms. The Labute approximate surface area is 152 Å². The molecule has 1 aromatic heterocycles. The molecule has 0 spiro atoms. The van der Waals surface area contributed by atoms with E-state index < -0.39 is 0 Å². The molecule has 0 unspecified atom stereocenters. The fourth-order valence-corrected chi connectivity index (χ4v) is 2.55. The first kappa shape index (κ1) is 17.4. The molecule has 0 bridgehead atoms.